The number of benzene rings is 1. The van der Waals surface area contributed by atoms with Gasteiger partial charge in [-0.3, -0.25) is 9.59 Å². The van der Waals surface area contributed by atoms with Gasteiger partial charge in [-0.25, -0.2) is 0 Å². The number of thioether (sulfide) groups is 1. The number of amides is 1. The van der Waals surface area contributed by atoms with E-state index in [0.29, 0.717) is 25.1 Å². The molecule has 6 heteroatoms. The Hall–Kier alpha value is -1.01. The summed E-state index contributed by atoms with van der Waals surface area (Å²) >= 11 is 4.90. The van der Waals surface area contributed by atoms with Crippen LogP contribution in [0.1, 0.15) is 12.8 Å². The summed E-state index contributed by atoms with van der Waals surface area (Å²) in [5.41, 5.74) is 0. The van der Waals surface area contributed by atoms with Crippen molar-refractivity contribution in [3.63, 3.8) is 0 Å². The first-order chi connectivity index (χ1) is 9.13. The van der Waals surface area contributed by atoms with Crippen molar-refractivity contribution in [1.82, 2.24) is 5.32 Å². The summed E-state index contributed by atoms with van der Waals surface area (Å²) < 4.78 is 5.50. The summed E-state index contributed by atoms with van der Waals surface area (Å²) in [5.74, 6) is 0.0726. The van der Waals surface area contributed by atoms with E-state index in [2.05, 4.69) is 26.0 Å². The Morgan fingerprint density at radius 1 is 1.37 bits per heavy atom. The van der Waals surface area contributed by atoms with Crippen molar-refractivity contribution in [3.8, 4) is 0 Å². The van der Waals surface area contributed by atoms with Gasteiger partial charge < -0.3 is 10.1 Å². The molecular weight excluding hydrogens is 330 g/mol. The van der Waals surface area contributed by atoms with Crippen LogP contribution in [0.3, 0.4) is 0 Å². The lowest BCUT2D eigenvalue weighted by molar-refractivity contribution is -0.140. The first-order valence-corrected chi connectivity index (χ1v) is 7.62. The second-order valence-corrected chi connectivity index (χ2v) is 5.62. The van der Waals surface area contributed by atoms with E-state index < -0.39 is 0 Å². The Bertz CT molecular complexity index is 440. The number of ether oxygens (including phenoxy) is 1. The van der Waals surface area contributed by atoms with Gasteiger partial charge in [0.2, 0.25) is 5.91 Å². The predicted molar refractivity (Wildman–Crippen MR) is 79.1 cm³/mol. The van der Waals surface area contributed by atoms with Crippen LogP contribution in [0.5, 0.6) is 0 Å². The largest absolute Gasteiger partial charge is 0.469 e. The molecule has 0 heterocycles. The SMILES string of the molecule is COC(=O)CCCNC(=O)CSc1ccccc1Br. The molecule has 0 aliphatic carbocycles. The molecule has 0 atom stereocenters. The third-order valence-electron chi connectivity index (χ3n) is 2.30. The Kier molecular flexibility index (Phi) is 7.59. The number of hydrogen-bond donors (Lipinski definition) is 1. The Labute approximate surface area is 125 Å². The van der Waals surface area contributed by atoms with Crippen LogP contribution in [0.25, 0.3) is 0 Å². The highest BCUT2D eigenvalue weighted by Gasteiger charge is 2.05. The fraction of sp³-hybridized carbons (Fsp3) is 0.385. The number of carbonyl (C=O) groups excluding carboxylic acids is 2. The molecule has 1 N–H and O–H groups in total. The summed E-state index contributed by atoms with van der Waals surface area (Å²) in [4.78, 5) is 23.5. The first-order valence-electron chi connectivity index (χ1n) is 5.84. The Morgan fingerprint density at radius 3 is 2.79 bits per heavy atom. The molecule has 0 bridgehead atoms. The van der Waals surface area contributed by atoms with Crippen molar-refractivity contribution in [2.45, 2.75) is 17.7 Å². The molecule has 1 aromatic rings. The van der Waals surface area contributed by atoms with Gasteiger partial charge in [0.05, 0.1) is 12.9 Å². The van der Waals surface area contributed by atoms with E-state index in [9.17, 15) is 9.59 Å². The number of rotatable bonds is 7. The number of halogens is 1. The summed E-state index contributed by atoms with van der Waals surface area (Å²) in [5, 5.41) is 2.77. The molecule has 104 valence electrons. The molecule has 0 aliphatic rings. The number of methoxy groups -OCH3 is 1. The highest BCUT2D eigenvalue weighted by molar-refractivity contribution is 9.10. The van der Waals surface area contributed by atoms with Crippen LogP contribution in [0.4, 0.5) is 0 Å². The molecule has 0 unspecified atom stereocenters. The van der Waals surface area contributed by atoms with Gasteiger partial charge in [0.25, 0.3) is 0 Å². The lowest BCUT2D eigenvalue weighted by Crippen LogP contribution is -2.26. The maximum absolute atomic E-state index is 11.6. The maximum Gasteiger partial charge on any atom is 0.305 e. The fourth-order valence-electron chi connectivity index (χ4n) is 1.32. The number of hydrogen-bond acceptors (Lipinski definition) is 4. The zero-order chi connectivity index (χ0) is 14.1. The predicted octanol–water partition coefficient (Wildman–Crippen LogP) is 2.61. The summed E-state index contributed by atoms with van der Waals surface area (Å²) in [6.45, 7) is 0.491. The molecule has 0 saturated carbocycles. The van der Waals surface area contributed by atoms with Crippen LogP contribution in [0.15, 0.2) is 33.6 Å². The molecular formula is C13H16BrNO3S. The highest BCUT2D eigenvalue weighted by Crippen LogP contribution is 2.26. The van der Waals surface area contributed by atoms with Crippen molar-refractivity contribution in [1.29, 1.82) is 0 Å². The van der Waals surface area contributed by atoms with E-state index in [1.165, 1.54) is 18.9 Å². The standard InChI is InChI=1S/C13H16BrNO3S/c1-18-13(17)7-4-8-15-12(16)9-19-11-6-3-2-5-10(11)14/h2-3,5-6H,4,7-9H2,1H3,(H,15,16). The van der Waals surface area contributed by atoms with Gasteiger partial charge in [-0.15, -0.1) is 11.8 Å². The van der Waals surface area contributed by atoms with E-state index in [0.717, 1.165) is 9.37 Å². The summed E-state index contributed by atoms with van der Waals surface area (Å²) in [6, 6.07) is 7.76. The Morgan fingerprint density at radius 2 is 2.11 bits per heavy atom. The minimum atomic E-state index is -0.253. The molecule has 0 aromatic heterocycles. The lowest BCUT2D eigenvalue weighted by Gasteiger charge is -2.06. The smallest absolute Gasteiger partial charge is 0.305 e. The quantitative estimate of drug-likeness (QED) is 0.468. The van der Waals surface area contributed by atoms with Crippen molar-refractivity contribution in [3.05, 3.63) is 28.7 Å². The maximum atomic E-state index is 11.6. The van der Waals surface area contributed by atoms with E-state index in [1.54, 1.807) is 0 Å². The summed E-state index contributed by atoms with van der Waals surface area (Å²) in [6.07, 6.45) is 0.923. The average Bonchev–Trinajstić information content (AvgIpc) is 2.42. The second-order valence-electron chi connectivity index (χ2n) is 3.75. The van der Waals surface area contributed by atoms with Gasteiger partial charge in [-0.2, -0.15) is 0 Å². The first kappa shape index (κ1) is 16.0. The zero-order valence-electron chi connectivity index (χ0n) is 10.6. The van der Waals surface area contributed by atoms with Crippen LogP contribution < -0.4 is 5.32 Å². The lowest BCUT2D eigenvalue weighted by atomic mass is 10.3. The van der Waals surface area contributed by atoms with Gasteiger partial charge in [0.15, 0.2) is 0 Å². The number of esters is 1. The third kappa shape index (κ3) is 6.63. The van der Waals surface area contributed by atoms with Crippen LogP contribution in [-0.4, -0.2) is 31.3 Å². The number of nitrogens with one attached hydrogen (secondary N) is 1. The van der Waals surface area contributed by atoms with E-state index in [4.69, 9.17) is 0 Å². The second kappa shape index (κ2) is 8.98. The third-order valence-corrected chi connectivity index (χ3v) is 4.33. The summed E-state index contributed by atoms with van der Waals surface area (Å²) in [7, 11) is 1.36. The zero-order valence-corrected chi connectivity index (χ0v) is 13.1. The molecule has 0 radical (unpaired) electrons. The molecule has 0 aliphatic heterocycles. The van der Waals surface area contributed by atoms with Crippen molar-refractivity contribution in [2.75, 3.05) is 19.4 Å². The van der Waals surface area contributed by atoms with Crippen LogP contribution in [-0.2, 0) is 14.3 Å². The molecule has 1 rings (SSSR count). The van der Waals surface area contributed by atoms with Gasteiger partial charge in [0, 0.05) is 22.3 Å². The van der Waals surface area contributed by atoms with Gasteiger partial charge in [-0.05, 0) is 34.5 Å². The van der Waals surface area contributed by atoms with Gasteiger partial charge in [-0.1, -0.05) is 12.1 Å². The molecule has 1 amide bonds. The molecule has 0 fully saturated rings. The topological polar surface area (TPSA) is 55.4 Å². The van der Waals surface area contributed by atoms with E-state index in [-0.39, 0.29) is 11.9 Å². The fourth-order valence-corrected chi connectivity index (χ4v) is 2.72. The Balaban J connectivity index is 2.18. The van der Waals surface area contributed by atoms with Gasteiger partial charge >= 0.3 is 5.97 Å². The van der Waals surface area contributed by atoms with Crippen LogP contribution in [0.2, 0.25) is 0 Å². The van der Waals surface area contributed by atoms with Crippen molar-refractivity contribution < 1.29 is 14.3 Å². The van der Waals surface area contributed by atoms with Crippen molar-refractivity contribution in [2.24, 2.45) is 0 Å². The monoisotopic (exact) mass is 345 g/mol. The molecule has 4 nitrogen and oxygen atoms in total. The number of carbonyl (C=O) groups is 2. The van der Waals surface area contributed by atoms with Crippen LogP contribution in [0, 0.1) is 0 Å². The average molecular weight is 346 g/mol. The molecule has 0 spiro atoms. The van der Waals surface area contributed by atoms with Crippen molar-refractivity contribution >= 4 is 39.6 Å². The minimum Gasteiger partial charge on any atom is -0.469 e. The molecule has 0 saturated heterocycles. The van der Waals surface area contributed by atoms with Gasteiger partial charge in [0.1, 0.15) is 0 Å². The normalized spacial score (nSPS) is 10.0. The minimum absolute atomic E-state index is 0.0365. The molecule has 1 aromatic carbocycles. The van der Waals surface area contributed by atoms with E-state index in [1.807, 2.05) is 24.3 Å². The van der Waals surface area contributed by atoms with E-state index >= 15 is 0 Å². The molecule has 19 heavy (non-hydrogen) atoms. The highest BCUT2D eigenvalue weighted by atomic mass is 79.9. The van der Waals surface area contributed by atoms with Crippen LogP contribution >= 0.6 is 27.7 Å².